The highest BCUT2D eigenvalue weighted by Gasteiger charge is 2.24. The highest BCUT2D eigenvalue weighted by atomic mass is 32.1. The summed E-state index contributed by atoms with van der Waals surface area (Å²) in [4.78, 5) is 4.62. The third kappa shape index (κ3) is 40.9. The van der Waals surface area contributed by atoms with E-state index in [1.807, 2.05) is 60.7 Å². The van der Waals surface area contributed by atoms with Crippen LogP contribution in [-0.2, 0) is 32.1 Å². The predicted molar refractivity (Wildman–Crippen MR) is 591 cm³/mol. The van der Waals surface area contributed by atoms with Gasteiger partial charge in [0.2, 0.25) is 0 Å². The van der Waals surface area contributed by atoms with Gasteiger partial charge in [0.05, 0.1) is 0 Å². The van der Waals surface area contributed by atoms with Crippen LogP contribution < -0.4 is 0 Å². The molecule has 10 heteroatoms. The fourth-order valence-corrected chi connectivity index (χ4v) is 20.5. The maximum Gasteiger partial charge on any atom is 0.0377 e. The number of hydrogen-bond acceptors (Lipinski definition) is 0. The molecular weight excluding hydrogens is 1760 g/mol. The largest absolute Gasteiger partial charge is 0.269 e. The molecule has 0 spiro atoms. The van der Waals surface area contributed by atoms with E-state index < -0.39 is 0 Å². The predicted octanol–water partition coefficient (Wildman–Crippen LogP) is 41.3. The molecule has 725 valence electrons. The van der Waals surface area contributed by atoms with Crippen molar-refractivity contribution in [2.24, 2.45) is 0 Å². The second-order valence-electron chi connectivity index (χ2n) is 38.2. The van der Waals surface area contributed by atoms with Crippen LogP contribution in [0.25, 0.3) is 27.9 Å². The second kappa shape index (κ2) is 66.3. The Morgan fingerprint density at radius 3 is 0.444 bits per heavy atom. The molecule has 0 N–H and O–H groups in total. The zero-order chi connectivity index (χ0) is 91.0. The number of rotatable bonds is 40. The number of benzene rings is 10. The normalized spacial score (nSPS) is 16.5. The Kier molecular flexibility index (Phi) is 56.6. The summed E-state index contributed by atoms with van der Waals surface area (Å²) in [5, 5.41) is 0. The van der Waals surface area contributed by atoms with E-state index in [1.54, 1.807) is 0 Å². The Balaban J connectivity index is 0.000000257. The summed E-state index contributed by atoms with van der Waals surface area (Å²) in [6.07, 6.45) is 70.2. The van der Waals surface area contributed by atoms with Gasteiger partial charge in [-0.2, -0.15) is 0 Å². The molecule has 0 amide bonds. The summed E-state index contributed by atoms with van der Waals surface area (Å²) in [7, 11) is 0. The lowest BCUT2D eigenvalue weighted by atomic mass is 9.82. The minimum absolute atomic E-state index is 0. The number of hydrogen-bond donors (Lipinski definition) is 0. The quantitative estimate of drug-likeness (QED) is 0.0265. The van der Waals surface area contributed by atoms with Gasteiger partial charge in [-0.3, -0.25) is 23.5 Å². The Bertz CT molecular complexity index is 4240. The summed E-state index contributed by atoms with van der Waals surface area (Å²) < 4.78 is 0. The van der Waals surface area contributed by atoms with Gasteiger partial charge in [-0.15, -0.1) is 0 Å². The Labute approximate surface area is 842 Å². The van der Waals surface area contributed by atoms with Crippen molar-refractivity contribution in [1.29, 1.82) is 0 Å². The first-order valence-corrected chi connectivity index (χ1v) is 53.6. The van der Waals surface area contributed by atoms with Crippen molar-refractivity contribution in [3.05, 3.63) is 356 Å². The summed E-state index contributed by atoms with van der Waals surface area (Å²) in [6.45, 7) is 11.4. The SMILES string of the molecule is CCCCCCCc1ccc(C2CC=C(c3ccc([S])cc3)CC2)cc1.CCCCCCCc1ccc(C2CC=C(c3ccc([S])cc3)CC2)cc1.CCCCCCCc1ccc(C2CC=C(c3ccc([S])cc3)CC2)cc1.CCCCCCCc1ccc(C2CC=C(c3ccc([S])cc3)CC2)cc1.CCCCCCCc1ccc(C2CC=C(c3ccc([S])cc3)CC2)cc1.F.F.F.F.F. The molecule has 5 unspecified atom stereocenters. The van der Waals surface area contributed by atoms with Crippen LogP contribution >= 0.6 is 63.1 Å². The monoisotopic (exact) mass is 1920 g/mol. The molecule has 0 saturated carbocycles. The smallest absolute Gasteiger partial charge is 0.0377 e. The third-order valence-corrected chi connectivity index (χ3v) is 29.6. The number of unbranched alkanes of at least 4 members (excludes halogenated alkanes) is 20. The number of aryl methyl sites for hydroxylation is 5. The fraction of sp³-hybridized carbons (Fsp3) is 0.440. The molecule has 5 aliphatic rings. The van der Waals surface area contributed by atoms with E-state index in [1.165, 1.54) is 368 Å². The van der Waals surface area contributed by atoms with Crippen molar-refractivity contribution in [3.63, 3.8) is 0 Å². The molecule has 0 aliphatic heterocycles. The van der Waals surface area contributed by atoms with Gasteiger partial charge in [0.1, 0.15) is 0 Å². The summed E-state index contributed by atoms with van der Waals surface area (Å²) in [6, 6.07) is 89.4. The van der Waals surface area contributed by atoms with E-state index in [4.69, 9.17) is 63.1 Å². The number of allylic oxidation sites excluding steroid dienone is 10. The van der Waals surface area contributed by atoms with E-state index in [-0.39, 0.29) is 23.5 Å². The molecule has 0 aromatic heterocycles. The number of halogens is 5. The molecule has 5 radical (unpaired) electrons. The average molecular weight is 1920 g/mol. The first kappa shape index (κ1) is 115. The fourth-order valence-electron chi connectivity index (χ4n) is 19.8. The van der Waals surface area contributed by atoms with E-state index in [0.29, 0.717) is 29.6 Å². The molecule has 135 heavy (non-hydrogen) atoms. The Morgan fingerprint density at radius 2 is 0.319 bits per heavy atom. The van der Waals surface area contributed by atoms with Gasteiger partial charge in [0, 0.05) is 24.5 Å². The van der Waals surface area contributed by atoms with E-state index in [2.05, 4.69) is 247 Å². The van der Waals surface area contributed by atoms with Crippen LogP contribution in [0.15, 0.2) is 298 Å². The van der Waals surface area contributed by atoms with Gasteiger partial charge in [0.15, 0.2) is 0 Å². The highest BCUT2D eigenvalue weighted by molar-refractivity contribution is 7.81. The van der Waals surface area contributed by atoms with Crippen molar-refractivity contribution in [1.82, 2.24) is 0 Å². The third-order valence-electron chi connectivity index (χ3n) is 28.3. The van der Waals surface area contributed by atoms with Crippen LogP contribution in [0.5, 0.6) is 0 Å². The molecule has 10 aromatic carbocycles. The Morgan fingerprint density at radius 1 is 0.178 bits per heavy atom. The van der Waals surface area contributed by atoms with Crippen LogP contribution in [0.3, 0.4) is 0 Å². The van der Waals surface area contributed by atoms with Gasteiger partial charge in [-0.1, -0.05) is 439 Å². The molecule has 5 atom stereocenters. The van der Waals surface area contributed by atoms with Crippen LogP contribution in [0.2, 0.25) is 0 Å². The van der Waals surface area contributed by atoms with Crippen LogP contribution in [-0.4, -0.2) is 0 Å². The van der Waals surface area contributed by atoms with Gasteiger partial charge >= 0.3 is 0 Å². The second-order valence-corrected chi connectivity index (χ2v) is 40.5. The molecule has 15 rings (SSSR count). The lowest BCUT2D eigenvalue weighted by Gasteiger charge is -2.23. The van der Waals surface area contributed by atoms with Gasteiger partial charge in [-0.05, 0) is 362 Å². The van der Waals surface area contributed by atoms with Gasteiger partial charge in [-0.25, -0.2) is 0 Å². The van der Waals surface area contributed by atoms with Gasteiger partial charge < -0.3 is 0 Å². The topological polar surface area (TPSA) is 0 Å². The molecule has 0 fully saturated rings. The van der Waals surface area contributed by atoms with Gasteiger partial charge in [0.25, 0.3) is 0 Å². The van der Waals surface area contributed by atoms with Crippen molar-refractivity contribution in [2.45, 2.75) is 378 Å². The van der Waals surface area contributed by atoms with Crippen LogP contribution in [0.4, 0.5) is 23.5 Å². The first-order valence-electron chi connectivity index (χ1n) is 51.6. The van der Waals surface area contributed by atoms with E-state index in [0.717, 1.165) is 56.6 Å². The summed E-state index contributed by atoms with van der Waals surface area (Å²) in [5.41, 5.74) is 29.2. The molecular formula is C125H160F5S5. The van der Waals surface area contributed by atoms with E-state index in [9.17, 15) is 0 Å². The molecule has 0 heterocycles. The van der Waals surface area contributed by atoms with Crippen molar-refractivity contribution < 1.29 is 23.5 Å². The van der Waals surface area contributed by atoms with Crippen molar-refractivity contribution >= 4 is 91.0 Å². The summed E-state index contributed by atoms with van der Waals surface area (Å²) >= 11 is 26.0. The minimum Gasteiger partial charge on any atom is -0.269 e. The summed E-state index contributed by atoms with van der Waals surface area (Å²) in [5.74, 6) is 3.38. The van der Waals surface area contributed by atoms with E-state index >= 15 is 0 Å². The van der Waals surface area contributed by atoms with Crippen molar-refractivity contribution in [3.8, 4) is 0 Å². The lowest BCUT2D eigenvalue weighted by molar-refractivity contribution is 0.623. The molecule has 0 bridgehead atoms. The minimum atomic E-state index is 0. The average Bonchev–Trinajstić information content (AvgIpc) is 0.850. The maximum atomic E-state index is 5.19. The molecule has 5 aliphatic carbocycles. The molecule has 0 saturated heterocycles. The zero-order valence-corrected chi connectivity index (χ0v) is 86.4. The van der Waals surface area contributed by atoms with Crippen LogP contribution in [0, 0.1) is 0 Å². The first-order chi connectivity index (χ1) is 63.8. The standard InChI is InChI=1S/5C25H31S.5FH/c5*1-2-3-4-5-6-7-20-8-10-21(11-9-20)22-12-14-23(15-13-22)24-16-18-25(26)19-17-24;;;;;/h5*8-11,14,16-19,22H,2-7,12-13,15H2,1H3;5*1H. The lowest BCUT2D eigenvalue weighted by Crippen LogP contribution is -2.04. The highest BCUT2D eigenvalue weighted by Crippen LogP contribution is 2.43. The molecule has 0 nitrogen and oxygen atoms in total. The van der Waals surface area contributed by atoms with Crippen molar-refractivity contribution in [2.75, 3.05) is 0 Å². The zero-order valence-electron chi connectivity index (χ0n) is 82.3. The maximum absolute atomic E-state index is 5.19. The molecule has 10 aromatic rings. The Hall–Kier alpha value is -8.35. The van der Waals surface area contributed by atoms with Crippen LogP contribution in [0.1, 0.15) is 404 Å².